The molecule has 1 saturated carbocycles. The maximum absolute atomic E-state index is 11.0. The Morgan fingerprint density at radius 2 is 1.76 bits per heavy atom. The van der Waals surface area contributed by atoms with Gasteiger partial charge in [-0.2, -0.15) is 0 Å². The zero-order chi connectivity index (χ0) is 15.5. The van der Waals surface area contributed by atoms with Gasteiger partial charge in [0.1, 0.15) is 6.61 Å². The minimum absolute atomic E-state index is 0.0516. The first kappa shape index (κ1) is 18.4. The average molecular weight is 303 g/mol. The van der Waals surface area contributed by atoms with Crippen molar-refractivity contribution in [3.8, 4) is 0 Å². The molecular weight excluding hydrogens is 274 g/mol. The predicted octanol–water partition coefficient (Wildman–Crippen LogP) is 1.48. The molecule has 0 radical (unpaired) electrons. The molecule has 0 atom stereocenters. The molecule has 0 aliphatic heterocycles. The molecule has 0 aromatic rings. The fraction of sp³-hybridized carbons (Fsp3) is 0.933. The maximum Gasteiger partial charge on any atom is 0.331 e. The number of hydrogen-bond acceptors (Lipinski definition) is 6. The molecule has 6 heteroatoms. The Labute approximate surface area is 127 Å². The highest BCUT2D eigenvalue weighted by Gasteiger charge is 2.23. The number of rotatable bonds is 10. The number of esters is 1. The fourth-order valence-corrected chi connectivity index (χ4v) is 2.48. The van der Waals surface area contributed by atoms with Crippen LogP contribution in [0.3, 0.4) is 0 Å². The monoisotopic (exact) mass is 303 g/mol. The Hall–Kier alpha value is -0.690. The van der Waals surface area contributed by atoms with Crippen LogP contribution in [0.5, 0.6) is 0 Å². The molecular formula is C15H29NO5. The first-order valence-corrected chi connectivity index (χ1v) is 7.84. The van der Waals surface area contributed by atoms with Crippen molar-refractivity contribution in [2.45, 2.75) is 58.0 Å². The molecule has 0 amide bonds. The Balaban J connectivity index is 2.16. The highest BCUT2D eigenvalue weighted by atomic mass is 16.7. The number of nitrogens with one attached hydrogen (secondary N) is 1. The maximum atomic E-state index is 11.0. The van der Waals surface area contributed by atoms with Gasteiger partial charge in [0, 0.05) is 25.8 Å². The molecule has 0 bridgehead atoms. The Morgan fingerprint density at radius 3 is 2.29 bits per heavy atom. The van der Waals surface area contributed by atoms with Gasteiger partial charge in [0.15, 0.2) is 6.29 Å². The van der Waals surface area contributed by atoms with Crippen LogP contribution in [-0.2, 0) is 23.7 Å². The van der Waals surface area contributed by atoms with Gasteiger partial charge in [-0.3, -0.25) is 0 Å². The summed E-state index contributed by atoms with van der Waals surface area (Å²) < 4.78 is 21.1. The number of hydrogen-bond donors (Lipinski definition) is 1. The van der Waals surface area contributed by atoms with E-state index in [1.54, 1.807) is 0 Å². The molecule has 0 aromatic carbocycles. The zero-order valence-electron chi connectivity index (χ0n) is 13.4. The van der Waals surface area contributed by atoms with Crippen molar-refractivity contribution in [2.24, 2.45) is 0 Å². The van der Waals surface area contributed by atoms with E-state index in [1.807, 2.05) is 13.8 Å². The smallest absolute Gasteiger partial charge is 0.331 e. The van der Waals surface area contributed by atoms with E-state index in [9.17, 15) is 4.79 Å². The molecule has 21 heavy (non-hydrogen) atoms. The molecule has 1 fully saturated rings. The standard InChI is InChI=1S/C15H29NO5/c1-4-19-15(20-5-2)10-16-12-6-8-13(9-7-12)21-11-14(17)18-3/h12-13,15-16H,4-11H2,1-3H3. The second-order valence-electron chi connectivity index (χ2n) is 5.11. The quantitative estimate of drug-likeness (QED) is 0.487. The SMILES string of the molecule is CCOC(CNC1CCC(OCC(=O)OC)CC1)OCC. The van der Waals surface area contributed by atoms with Crippen LogP contribution in [0.1, 0.15) is 39.5 Å². The van der Waals surface area contributed by atoms with Crippen LogP contribution < -0.4 is 5.32 Å². The summed E-state index contributed by atoms with van der Waals surface area (Å²) >= 11 is 0. The van der Waals surface area contributed by atoms with Crippen LogP contribution in [0.15, 0.2) is 0 Å². The second-order valence-corrected chi connectivity index (χ2v) is 5.11. The summed E-state index contributed by atoms with van der Waals surface area (Å²) in [6.07, 6.45) is 3.99. The molecule has 0 saturated heterocycles. The lowest BCUT2D eigenvalue weighted by molar-refractivity contribution is -0.149. The second kappa shape index (κ2) is 11.0. The molecule has 0 heterocycles. The molecule has 1 rings (SSSR count). The van der Waals surface area contributed by atoms with Gasteiger partial charge in [-0.1, -0.05) is 0 Å². The van der Waals surface area contributed by atoms with Gasteiger partial charge in [0.2, 0.25) is 0 Å². The summed E-state index contributed by atoms with van der Waals surface area (Å²) in [5.74, 6) is -0.313. The van der Waals surface area contributed by atoms with Gasteiger partial charge in [-0.05, 0) is 39.5 Å². The molecule has 0 aromatic heterocycles. The van der Waals surface area contributed by atoms with E-state index in [0.717, 1.165) is 25.7 Å². The van der Waals surface area contributed by atoms with E-state index < -0.39 is 0 Å². The zero-order valence-corrected chi connectivity index (χ0v) is 13.4. The first-order chi connectivity index (χ1) is 10.2. The summed E-state index contributed by atoms with van der Waals surface area (Å²) in [5, 5.41) is 3.49. The normalized spacial score (nSPS) is 22.5. The van der Waals surface area contributed by atoms with E-state index in [4.69, 9.17) is 14.2 Å². The van der Waals surface area contributed by atoms with E-state index >= 15 is 0 Å². The van der Waals surface area contributed by atoms with Crippen molar-refractivity contribution in [2.75, 3.05) is 33.5 Å². The highest BCUT2D eigenvalue weighted by molar-refractivity contribution is 5.70. The summed E-state index contributed by atoms with van der Waals surface area (Å²) in [7, 11) is 1.37. The molecule has 0 spiro atoms. The lowest BCUT2D eigenvalue weighted by Crippen LogP contribution is -2.41. The van der Waals surface area contributed by atoms with Crippen molar-refractivity contribution in [1.29, 1.82) is 0 Å². The van der Waals surface area contributed by atoms with E-state index in [1.165, 1.54) is 7.11 Å². The van der Waals surface area contributed by atoms with Crippen molar-refractivity contribution < 1.29 is 23.7 Å². The third kappa shape index (κ3) is 7.76. The number of carbonyl (C=O) groups excluding carboxylic acids is 1. The molecule has 1 aliphatic rings. The van der Waals surface area contributed by atoms with Crippen molar-refractivity contribution in [3.63, 3.8) is 0 Å². The molecule has 1 N–H and O–H groups in total. The van der Waals surface area contributed by atoms with E-state index in [0.29, 0.717) is 25.8 Å². The van der Waals surface area contributed by atoms with Crippen LogP contribution in [-0.4, -0.2) is 57.9 Å². The summed E-state index contributed by atoms with van der Waals surface area (Å²) in [6, 6.07) is 0.464. The van der Waals surface area contributed by atoms with Gasteiger partial charge in [0.05, 0.1) is 13.2 Å². The Morgan fingerprint density at radius 1 is 1.14 bits per heavy atom. The minimum Gasteiger partial charge on any atom is -0.467 e. The lowest BCUT2D eigenvalue weighted by Gasteiger charge is -2.30. The summed E-state index contributed by atoms with van der Waals surface area (Å²) in [4.78, 5) is 11.0. The third-order valence-corrected chi connectivity index (χ3v) is 3.62. The Kier molecular flexibility index (Phi) is 9.58. The minimum atomic E-state index is -0.313. The summed E-state index contributed by atoms with van der Waals surface area (Å²) in [6.45, 7) is 6.00. The van der Waals surface area contributed by atoms with Crippen molar-refractivity contribution >= 4 is 5.97 Å². The van der Waals surface area contributed by atoms with Crippen LogP contribution in [0.4, 0.5) is 0 Å². The van der Waals surface area contributed by atoms with Gasteiger partial charge in [-0.15, -0.1) is 0 Å². The lowest BCUT2D eigenvalue weighted by atomic mass is 9.93. The number of methoxy groups -OCH3 is 1. The van der Waals surface area contributed by atoms with Gasteiger partial charge >= 0.3 is 5.97 Å². The summed E-state index contributed by atoms with van der Waals surface area (Å²) in [5.41, 5.74) is 0. The Bertz CT molecular complexity index is 273. The molecule has 6 nitrogen and oxygen atoms in total. The molecule has 124 valence electrons. The molecule has 0 unspecified atom stereocenters. The van der Waals surface area contributed by atoms with Gasteiger partial charge < -0.3 is 24.3 Å². The largest absolute Gasteiger partial charge is 0.467 e. The first-order valence-electron chi connectivity index (χ1n) is 7.84. The van der Waals surface area contributed by atoms with E-state index in [2.05, 4.69) is 10.1 Å². The fourth-order valence-electron chi connectivity index (χ4n) is 2.48. The highest BCUT2D eigenvalue weighted by Crippen LogP contribution is 2.21. The number of carbonyl (C=O) groups is 1. The van der Waals surface area contributed by atoms with Crippen molar-refractivity contribution in [1.82, 2.24) is 5.32 Å². The molecule has 1 aliphatic carbocycles. The van der Waals surface area contributed by atoms with Crippen LogP contribution in [0.2, 0.25) is 0 Å². The average Bonchev–Trinajstić information content (AvgIpc) is 2.51. The van der Waals surface area contributed by atoms with Crippen LogP contribution in [0.25, 0.3) is 0 Å². The van der Waals surface area contributed by atoms with Crippen molar-refractivity contribution in [3.05, 3.63) is 0 Å². The third-order valence-electron chi connectivity index (χ3n) is 3.62. The number of ether oxygens (including phenoxy) is 4. The van der Waals surface area contributed by atoms with Crippen LogP contribution in [0, 0.1) is 0 Å². The van der Waals surface area contributed by atoms with E-state index in [-0.39, 0.29) is 25.0 Å². The topological polar surface area (TPSA) is 66.0 Å². The van der Waals surface area contributed by atoms with Gasteiger partial charge in [0.25, 0.3) is 0 Å². The van der Waals surface area contributed by atoms with Gasteiger partial charge in [-0.25, -0.2) is 4.79 Å². The predicted molar refractivity (Wildman–Crippen MR) is 79.1 cm³/mol. The van der Waals surface area contributed by atoms with Crippen LogP contribution >= 0.6 is 0 Å².